The van der Waals surface area contributed by atoms with Crippen LogP contribution in [0.25, 0.3) is 0 Å². The topological polar surface area (TPSA) is 46.5 Å². The summed E-state index contributed by atoms with van der Waals surface area (Å²) in [5.74, 6) is 0.0101. The van der Waals surface area contributed by atoms with Gasteiger partial charge in [0.2, 0.25) is 0 Å². The van der Waals surface area contributed by atoms with Gasteiger partial charge in [0.05, 0.1) is 12.7 Å². The van der Waals surface area contributed by atoms with Crippen LogP contribution < -0.4 is 0 Å². The van der Waals surface area contributed by atoms with E-state index in [0.29, 0.717) is 13.0 Å². The molecule has 0 spiro atoms. The zero-order chi connectivity index (χ0) is 53.2. The molecule has 0 aromatic rings. The van der Waals surface area contributed by atoms with Gasteiger partial charge < -0.3 is 9.84 Å². The summed E-state index contributed by atoms with van der Waals surface area (Å²) in [6.45, 7) is 5.17. The Hall–Kier alpha value is -0.570. The van der Waals surface area contributed by atoms with Crippen molar-refractivity contribution in [3.8, 4) is 0 Å². The van der Waals surface area contributed by atoms with Gasteiger partial charge in [-0.3, -0.25) is 4.79 Å². The van der Waals surface area contributed by atoms with E-state index in [4.69, 9.17) is 4.74 Å². The normalized spacial score (nSPS) is 12.1. The van der Waals surface area contributed by atoms with E-state index in [2.05, 4.69) is 13.8 Å². The lowest BCUT2D eigenvalue weighted by Gasteiger charge is -2.10. The molecule has 444 valence electrons. The Morgan fingerprint density at radius 3 is 0.622 bits per heavy atom. The molecule has 0 aliphatic carbocycles. The molecule has 0 saturated carbocycles. The smallest absolute Gasteiger partial charge is 0.305 e. The van der Waals surface area contributed by atoms with Gasteiger partial charge in [0, 0.05) is 6.42 Å². The third kappa shape index (κ3) is 67.5. The minimum atomic E-state index is -0.0805. The lowest BCUT2D eigenvalue weighted by atomic mass is 10.0. The first-order chi connectivity index (χ1) is 36.7. The van der Waals surface area contributed by atoms with Crippen molar-refractivity contribution in [3.63, 3.8) is 0 Å². The molecule has 1 N–H and O–H groups in total. The van der Waals surface area contributed by atoms with Crippen molar-refractivity contribution >= 4 is 5.97 Å². The van der Waals surface area contributed by atoms with E-state index < -0.39 is 0 Å². The number of aliphatic hydroxyl groups is 1. The summed E-state index contributed by atoms with van der Waals surface area (Å²) in [6.07, 6.45) is 91.1. The van der Waals surface area contributed by atoms with Crippen molar-refractivity contribution < 1.29 is 14.6 Å². The average molecular weight is 1040 g/mol. The van der Waals surface area contributed by atoms with Crippen LogP contribution >= 0.6 is 0 Å². The van der Waals surface area contributed by atoms with Gasteiger partial charge >= 0.3 is 5.97 Å². The SMILES string of the molecule is CCCCCCCCCCCCCCCCCCCCCCCCCCCCCCCCCCCCCCCCCCCCCCCCCCCCCOC(=O)CCCCCCCCCCC(O)CCCCCC. The van der Waals surface area contributed by atoms with Crippen molar-refractivity contribution in [2.75, 3.05) is 6.61 Å². The number of carbonyl (C=O) groups is 1. The molecule has 0 aliphatic heterocycles. The molecule has 74 heavy (non-hydrogen) atoms. The van der Waals surface area contributed by atoms with E-state index in [-0.39, 0.29) is 12.1 Å². The summed E-state index contributed by atoms with van der Waals surface area (Å²) in [5, 5.41) is 10.1. The fraction of sp³-hybridized carbons (Fsp3) is 0.986. The lowest BCUT2D eigenvalue weighted by Crippen LogP contribution is -2.06. The summed E-state index contributed by atoms with van der Waals surface area (Å²) in [6, 6.07) is 0. The minimum Gasteiger partial charge on any atom is -0.466 e. The molecule has 0 fully saturated rings. The minimum absolute atomic E-state index is 0.0101. The first-order valence-corrected chi connectivity index (χ1v) is 35.5. The van der Waals surface area contributed by atoms with Crippen LogP contribution in [-0.4, -0.2) is 23.8 Å². The van der Waals surface area contributed by atoms with Gasteiger partial charge in [-0.05, 0) is 25.7 Å². The van der Waals surface area contributed by atoms with Crippen LogP contribution in [0.1, 0.15) is 438 Å². The molecule has 0 aliphatic rings. The summed E-state index contributed by atoms with van der Waals surface area (Å²) in [4.78, 5) is 12.1. The molecule has 0 aromatic heterocycles. The van der Waals surface area contributed by atoms with Crippen LogP contribution in [0.2, 0.25) is 0 Å². The summed E-state index contributed by atoms with van der Waals surface area (Å²) < 4.78 is 5.50. The zero-order valence-electron chi connectivity index (χ0n) is 51.7. The van der Waals surface area contributed by atoms with Crippen LogP contribution in [-0.2, 0) is 9.53 Å². The van der Waals surface area contributed by atoms with Gasteiger partial charge in [0.15, 0.2) is 0 Å². The van der Waals surface area contributed by atoms with E-state index in [1.807, 2.05) is 0 Å². The third-order valence-corrected chi connectivity index (χ3v) is 17.1. The first-order valence-electron chi connectivity index (χ1n) is 35.5. The maximum Gasteiger partial charge on any atom is 0.305 e. The van der Waals surface area contributed by atoms with E-state index >= 15 is 0 Å². The Kier molecular flexibility index (Phi) is 68.0. The predicted octanol–water partition coefficient (Wildman–Crippen LogP) is 25.7. The molecule has 1 atom stereocenters. The summed E-state index contributed by atoms with van der Waals surface area (Å²) in [5.41, 5.74) is 0. The number of ether oxygens (including phenoxy) is 1. The fourth-order valence-electron chi connectivity index (χ4n) is 11.8. The van der Waals surface area contributed by atoms with E-state index in [1.54, 1.807) is 0 Å². The number of esters is 1. The molecule has 0 aromatic carbocycles. The monoisotopic (exact) mass is 1040 g/mol. The highest BCUT2D eigenvalue weighted by Gasteiger charge is 2.06. The molecule has 0 saturated heterocycles. The second-order valence-electron chi connectivity index (χ2n) is 24.8. The summed E-state index contributed by atoms with van der Waals surface area (Å²) >= 11 is 0. The molecular weight excluding hydrogens is 901 g/mol. The van der Waals surface area contributed by atoms with Gasteiger partial charge in [-0.15, -0.1) is 0 Å². The molecule has 3 heteroatoms. The highest BCUT2D eigenvalue weighted by molar-refractivity contribution is 5.69. The lowest BCUT2D eigenvalue weighted by molar-refractivity contribution is -0.143. The standard InChI is InChI=1S/C71H142O3/c1-3-5-7-9-10-11-12-13-14-15-16-17-18-19-20-21-22-23-24-25-26-27-28-29-30-31-32-33-34-35-36-37-38-39-40-41-42-43-44-45-46-47-48-49-50-51-52-55-58-61-65-69-74-71(73)68-64-60-57-54-53-56-59-63-67-70(72)66-62-8-6-4-2/h70,72H,3-69H2,1-2H3. The third-order valence-electron chi connectivity index (χ3n) is 17.1. The molecule has 0 heterocycles. The van der Waals surface area contributed by atoms with Crippen molar-refractivity contribution in [1.29, 1.82) is 0 Å². The maximum absolute atomic E-state index is 12.1. The molecular formula is C71H142O3. The Bertz CT molecular complexity index is 979. The van der Waals surface area contributed by atoms with E-state index in [9.17, 15) is 9.90 Å². The second-order valence-corrected chi connectivity index (χ2v) is 24.8. The van der Waals surface area contributed by atoms with Gasteiger partial charge in [0.1, 0.15) is 0 Å². The largest absolute Gasteiger partial charge is 0.466 e. The summed E-state index contributed by atoms with van der Waals surface area (Å²) in [7, 11) is 0. The average Bonchev–Trinajstić information content (AvgIpc) is 3.40. The first kappa shape index (κ1) is 73.4. The maximum atomic E-state index is 12.1. The van der Waals surface area contributed by atoms with E-state index in [0.717, 1.165) is 32.1 Å². The molecule has 0 amide bonds. The van der Waals surface area contributed by atoms with Gasteiger partial charge in [-0.25, -0.2) is 0 Å². The number of carbonyl (C=O) groups excluding carboxylic acids is 1. The molecule has 0 rings (SSSR count). The van der Waals surface area contributed by atoms with Gasteiger partial charge in [-0.1, -0.05) is 406 Å². The highest BCUT2D eigenvalue weighted by atomic mass is 16.5. The molecule has 0 bridgehead atoms. The van der Waals surface area contributed by atoms with E-state index in [1.165, 1.54) is 385 Å². The zero-order valence-corrected chi connectivity index (χ0v) is 51.7. The number of hydrogen-bond acceptors (Lipinski definition) is 3. The number of aliphatic hydroxyl groups excluding tert-OH is 1. The highest BCUT2D eigenvalue weighted by Crippen LogP contribution is 2.20. The molecule has 0 radical (unpaired) electrons. The second kappa shape index (κ2) is 68.5. The van der Waals surface area contributed by atoms with Crippen molar-refractivity contribution in [2.45, 2.75) is 444 Å². The van der Waals surface area contributed by atoms with Gasteiger partial charge in [-0.2, -0.15) is 0 Å². The number of rotatable bonds is 68. The van der Waals surface area contributed by atoms with Crippen molar-refractivity contribution in [2.24, 2.45) is 0 Å². The van der Waals surface area contributed by atoms with Crippen molar-refractivity contribution in [3.05, 3.63) is 0 Å². The van der Waals surface area contributed by atoms with Crippen LogP contribution in [0.4, 0.5) is 0 Å². The Morgan fingerprint density at radius 1 is 0.243 bits per heavy atom. The van der Waals surface area contributed by atoms with Crippen LogP contribution in [0, 0.1) is 0 Å². The van der Waals surface area contributed by atoms with Gasteiger partial charge in [0.25, 0.3) is 0 Å². The molecule has 1 unspecified atom stereocenters. The number of unbranched alkanes of at least 4 members (excludes halogenated alkanes) is 60. The Labute approximate surface area is 468 Å². The quantitative estimate of drug-likeness (QED) is 0.0488. The Morgan fingerprint density at radius 2 is 0.405 bits per heavy atom. The Balaban J connectivity index is 3.13. The number of hydrogen-bond donors (Lipinski definition) is 1. The fourth-order valence-corrected chi connectivity index (χ4v) is 11.8. The van der Waals surface area contributed by atoms with Crippen LogP contribution in [0.3, 0.4) is 0 Å². The molecule has 3 nitrogen and oxygen atoms in total. The van der Waals surface area contributed by atoms with Crippen LogP contribution in [0.5, 0.6) is 0 Å². The van der Waals surface area contributed by atoms with Crippen molar-refractivity contribution in [1.82, 2.24) is 0 Å². The van der Waals surface area contributed by atoms with Crippen LogP contribution in [0.15, 0.2) is 0 Å². The predicted molar refractivity (Wildman–Crippen MR) is 333 cm³/mol.